The predicted octanol–water partition coefficient (Wildman–Crippen LogP) is 5.19. The first-order chi connectivity index (χ1) is 15.1. The quantitative estimate of drug-likeness (QED) is 0.327. The molecule has 2 N–H and O–H groups in total. The topological polar surface area (TPSA) is 68.8 Å². The number of rotatable bonds is 13. The summed E-state index contributed by atoms with van der Waals surface area (Å²) in [5, 5.41) is 5.94. The van der Waals surface area contributed by atoms with Crippen molar-refractivity contribution in [2.24, 2.45) is 0 Å². The highest BCUT2D eigenvalue weighted by Crippen LogP contribution is 2.19. The Kier molecular flexibility index (Phi) is 11.4. The van der Waals surface area contributed by atoms with E-state index in [1.54, 1.807) is 18.2 Å². The van der Waals surface area contributed by atoms with Gasteiger partial charge >= 0.3 is 0 Å². The Morgan fingerprint density at radius 2 is 1.77 bits per heavy atom. The number of nitrogens with one attached hydrogen (secondary N) is 2. The highest BCUT2D eigenvalue weighted by atomic mass is 32.1. The summed E-state index contributed by atoms with van der Waals surface area (Å²) >= 11 is 5.31. The minimum atomic E-state index is -0.340. The smallest absolute Gasteiger partial charge is 0.261 e. The van der Waals surface area contributed by atoms with Gasteiger partial charge in [-0.2, -0.15) is 0 Å². The normalized spacial score (nSPS) is 10.4. The molecular weight excluding hydrogens is 412 g/mol. The van der Waals surface area contributed by atoms with E-state index in [-0.39, 0.29) is 11.0 Å². The van der Waals surface area contributed by atoms with Crippen LogP contribution < -0.4 is 20.1 Å². The van der Waals surface area contributed by atoms with Crippen LogP contribution in [0.15, 0.2) is 48.5 Å². The van der Waals surface area contributed by atoms with E-state index in [4.69, 9.17) is 26.4 Å². The van der Waals surface area contributed by atoms with Crippen LogP contribution in [0.1, 0.15) is 49.9 Å². The number of anilines is 1. The van der Waals surface area contributed by atoms with Gasteiger partial charge in [0.05, 0.1) is 18.8 Å². The van der Waals surface area contributed by atoms with Crippen LogP contribution in [0.3, 0.4) is 0 Å². The van der Waals surface area contributed by atoms with Crippen molar-refractivity contribution < 1.29 is 19.0 Å². The molecule has 7 heteroatoms. The summed E-state index contributed by atoms with van der Waals surface area (Å²) < 4.78 is 16.7. The van der Waals surface area contributed by atoms with Crippen molar-refractivity contribution in [1.82, 2.24) is 5.32 Å². The van der Waals surface area contributed by atoms with E-state index in [0.717, 1.165) is 17.9 Å². The highest BCUT2D eigenvalue weighted by Gasteiger charge is 2.13. The molecular formula is C24H32N2O4S. The third-order valence-corrected chi connectivity index (χ3v) is 4.61. The molecule has 0 aromatic heterocycles. The molecule has 0 radical (unpaired) electrons. The molecule has 0 fully saturated rings. The van der Waals surface area contributed by atoms with Gasteiger partial charge in [-0.3, -0.25) is 10.1 Å². The number of carbonyl (C=O) groups is 1. The van der Waals surface area contributed by atoms with Crippen molar-refractivity contribution in [3.63, 3.8) is 0 Å². The first-order valence-electron chi connectivity index (χ1n) is 10.8. The van der Waals surface area contributed by atoms with Gasteiger partial charge in [0.15, 0.2) is 5.11 Å². The third kappa shape index (κ3) is 9.36. The van der Waals surface area contributed by atoms with E-state index < -0.39 is 0 Å². The zero-order chi connectivity index (χ0) is 22.3. The van der Waals surface area contributed by atoms with Crippen molar-refractivity contribution in [1.29, 1.82) is 0 Å². The fourth-order valence-corrected chi connectivity index (χ4v) is 3.06. The Labute approximate surface area is 190 Å². The van der Waals surface area contributed by atoms with Gasteiger partial charge in [-0.25, -0.2) is 0 Å². The van der Waals surface area contributed by atoms with E-state index >= 15 is 0 Å². The first kappa shape index (κ1) is 24.6. The Bertz CT molecular complexity index is 829. The van der Waals surface area contributed by atoms with Crippen LogP contribution in [0.25, 0.3) is 0 Å². The van der Waals surface area contributed by atoms with Crippen molar-refractivity contribution in [2.75, 3.05) is 31.7 Å². The minimum Gasteiger partial charge on any atom is -0.494 e. The van der Waals surface area contributed by atoms with E-state index in [2.05, 4.69) is 17.6 Å². The molecule has 0 saturated carbocycles. The average Bonchev–Trinajstić information content (AvgIpc) is 2.77. The average molecular weight is 445 g/mol. The standard InChI is InChI=1S/C24H32N2O4S/c1-3-5-6-9-15-29-20-12-10-11-19(18-20)25-24(31)26-23(27)21-13-7-8-14-22(21)30-17-16-28-4-2/h7-8,10-14,18H,3-6,9,15-17H2,1-2H3,(H2,25,26,27,31). The maximum Gasteiger partial charge on any atom is 0.261 e. The molecule has 0 aliphatic heterocycles. The van der Waals surface area contributed by atoms with Crippen molar-refractivity contribution >= 4 is 28.9 Å². The van der Waals surface area contributed by atoms with Crippen molar-refractivity contribution in [3.05, 3.63) is 54.1 Å². The summed E-state index contributed by atoms with van der Waals surface area (Å²) in [6.07, 6.45) is 4.62. The number of unbranched alkanes of at least 4 members (excludes halogenated alkanes) is 3. The molecule has 0 aliphatic rings. The van der Waals surface area contributed by atoms with Crippen LogP contribution in [0.4, 0.5) is 5.69 Å². The summed E-state index contributed by atoms with van der Waals surface area (Å²) in [5.41, 5.74) is 1.16. The molecule has 2 aromatic carbocycles. The summed E-state index contributed by atoms with van der Waals surface area (Å²) in [7, 11) is 0. The minimum absolute atomic E-state index is 0.203. The Morgan fingerprint density at radius 3 is 2.58 bits per heavy atom. The monoisotopic (exact) mass is 444 g/mol. The van der Waals surface area contributed by atoms with E-state index in [0.29, 0.717) is 37.7 Å². The number of hydrogen-bond acceptors (Lipinski definition) is 5. The summed E-state index contributed by atoms with van der Waals surface area (Å²) in [6, 6.07) is 14.6. The fraction of sp³-hybridized carbons (Fsp3) is 0.417. The van der Waals surface area contributed by atoms with Gasteiger partial charge in [0, 0.05) is 18.4 Å². The second-order valence-corrected chi connectivity index (χ2v) is 7.29. The number of para-hydroxylation sites is 1. The number of benzene rings is 2. The Balaban J connectivity index is 1.87. The third-order valence-electron chi connectivity index (χ3n) is 4.41. The van der Waals surface area contributed by atoms with Gasteiger partial charge in [0.25, 0.3) is 5.91 Å². The molecule has 0 atom stereocenters. The molecule has 6 nitrogen and oxygen atoms in total. The largest absolute Gasteiger partial charge is 0.494 e. The first-order valence-corrected chi connectivity index (χ1v) is 11.2. The lowest BCUT2D eigenvalue weighted by Gasteiger charge is -2.14. The van der Waals surface area contributed by atoms with Crippen LogP contribution in [0.5, 0.6) is 11.5 Å². The second-order valence-electron chi connectivity index (χ2n) is 6.89. The predicted molar refractivity (Wildman–Crippen MR) is 128 cm³/mol. The number of amides is 1. The Morgan fingerprint density at radius 1 is 0.935 bits per heavy atom. The summed E-state index contributed by atoms with van der Waals surface area (Å²) in [6.45, 7) is 6.24. The molecule has 168 valence electrons. The number of hydrogen-bond donors (Lipinski definition) is 2. The lowest BCUT2D eigenvalue weighted by atomic mass is 10.2. The zero-order valence-corrected chi connectivity index (χ0v) is 19.1. The summed E-state index contributed by atoms with van der Waals surface area (Å²) in [5.74, 6) is 0.914. The molecule has 1 amide bonds. The van der Waals surface area contributed by atoms with Gasteiger partial charge in [-0.05, 0) is 49.8 Å². The molecule has 0 spiro atoms. The molecule has 0 heterocycles. The lowest BCUT2D eigenvalue weighted by Crippen LogP contribution is -2.34. The lowest BCUT2D eigenvalue weighted by molar-refractivity contribution is 0.0958. The SMILES string of the molecule is CCCCCCOc1cccc(NC(=S)NC(=O)c2ccccc2OCCOCC)c1. The van der Waals surface area contributed by atoms with E-state index in [1.807, 2.05) is 37.3 Å². The molecule has 0 unspecified atom stereocenters. The maximum atomic E-state index is 12.7. The van der Waals surface area contributed by atoms with Crippen molar-refractivity contribution in [2.45, 2.75) is 39.5 Å². The maximum absolute atomic E-state index is 12.7. The zero-order valence-electron chi connectivity index (χ0n) is 18.3. The Hall–Kier alpha value is -2.64. The van der Waals surface area contributed by atoms with Gasteiger partial charge in [0.1, 0.15) is 18.1 Å². The van der Waals surface area contributed by atoms with E-state index in [9.17, 15) is 4.79 Å². The molecule has 2 aromatic rings. The van der Waals surface area contributed by atoms with Crippen LogP contribution in [0.2, 0.25) is 0 Å². The van der Waals surface area contributed by atoms with Crippen LogP contribution in [-0.2, 0) is 4.74 Å². The van der Waals surface area contributed by atoms with Gasteiger partial charge in [-0.15, -0.1) is 0 Å². The molecule has 0 aliphatic carbocycles. The molecule has 0 saturated heterocycles. The highest BCUT2D eigenvalue weighted by molar-refractivity contribution is 7.80. The van der Waals surface area contributed by atoms with Gasteiger partial charge < -0.3 is 19.5 Å². The van der Waals surface area contributed by atoms with E-state index in [1.165, 1.54) is 19.3 Å². The molecule has 0 bridgehead atoms. The summed E-state index contributed by atoms with van der Waals surface area (Å²) in [4.78, 5) is 12.7. The van der Waals surface area contributed by atoms with Crippen molar-refractivity contribution in [3.8, 4) is 11.5 Å². The molecule has 2 rings (SSSR count). The number of thiocarbonyl (C=S) groups is 1. The van der Waals surface area contributed by atoms with Crippen LogP contribution >= 0.6 is 12.2 Å². The van der Waals surface area contributed by atoms with Gasteiger partial charge in [0.2, 0.25) is 0 Å². The van der Waals surface area contributed by atoms with Crippen LogP contribution in [-0.4, -0.2) is 37.4 Å². The molecule has 31 heavy (non-hydrogen) atoms. The van der Waals surface area contributed by atoms with Gasteiger partial charge in [-0.1, -0.05) is 44.4 Å². The fourth-order valence-electron chi connectivity index (χ4n) is 2.85. The number of carbonyl (C=O) groups excluding carboxylic acids is 1. The second kappa shape index (κ2) is 14.4. The number of ether oxygens (including phenoxy) is 3. The van der Waals surface area contributed by atoms with Crippen LogP contribution in [0, 0.1) is 0 Å².